The lowest BCUT2D eigenvalue weighted by molar-refractivity contribution is 1.31. The minimum Gasteiger partial charge on any atom is -0.269 e. The quantitative estimate of drug-likeness (QED) is 0.338. The van der Waals surface area contributed by atoms with E-state index in [1.54, 1.807) is 13.0 Å². The summed E-state index contributed by atoms with van der Waals surface area (Å²) in [5.74, 6) is 0. The number of allylic oxidation sites excluding steroid dienone is 3. The van der Waals surface area contributed by atoms with Crippen LogP contribution in [0.1, 0.15) is 20.8 Å². The fraction of sp³-hybridized carbons (Fsp3) is 0.333. The van der Waals surface area contributed by atoms with Crippen LogP contribution in [0.5, 0.6) is 0 Å². The van der Waals surface area contributed by atoms with Crippen LogP contribution in [0, 0.1) is 11.3 Å². The summed E-state index contributed by atoms with van der Waals surface area (Å²) in [4.78, 5) is 3.58. The predicted octanol–water partition coefficient (Wildman–Crippen LogP) is 2.70. The summed E-state index contributed by atoms with van der Waals surface area (Å²) in [6.45, 7) is 12.5. The summed E-state index contributed by atoms with van der Waals surface area (Å²) in [5.41, 5.74) is 1.11. The van der Waals surface area contributed by atoms with Gasteiger partial charge in [-0.1, -0.05) is 20.4 Å². The number of hydrogen-bond acceptors (Lipinski definition) is 2. The standard InChI is InChI=1S/C7H8N2.C2H6/c1-6(5-8)4-7(2)9-3;1-2/h4H,1,3H2,2H3;1-2H3/b7-4-;. The van der Waals surface area contributed by atoms with E-state index in [0.29, 0.717) is 11.3 Å². The Balaban J connectivity index is 0. The molecule has 0 aliphatic heterocycles. The van der Waals surface area contributed by atoms with Crippen molar-refractivity contribution in [2.45, 2.75) is 20.8 Å². The Morgan fingerprint density at radius 2 is 2.00 bits per heavy atom. The van der Waals surface area contributed by atoms with Crippen LogP contribution in [-0.4, -0.2) is 6.72 Å². The topological polar surface area (TPSA) is 36.1 Å². The van der Waals surface area contributed by atoms with Gasteiger partial charge in [-0.25, -0.2) is 0 Å². The molecule has 0 aromatic rings. The third-order valence-electron chi connectivity index (χ3n) is 0.776. The molecule has 0 saturated carbocycles. The molecule has 0 unspecified atom stereocenters. The first kappa shape index (κ1) is 12.3. The van der Waals surface area contributed by atoms with Crippen molar-refractivity contribution in [1.29, 1.82) is 5.26 Å². The number of rotatable bonds is 2. The highest BCUT2D eigenvalue weighted by Crippen LogP contribution is 1.97. The van der Waals surface area contributed by atoms with Gasteiger partial charge >= 0.3 is 0 Å². The van der Waals surface area contributed by atoms with Gasteiger partial charge in [0.25, 0.3) is 0 Å². The third kappa shape index (κ3) is 8.64. The molecule has 0 aliphatic carbocycles. The molecule has 0 bridgehead atoms. The van der Waals surface area contributed by atoms with Crippen molar-refractivity contribution in [3.05, 3.63) is 23.9 Å². The predicted molar refractivity (Wildman–Crippen MR) is 49.4 cm³/mol. The highest BCUT2D eigenvalue weighted by molar-refractivity contribution is 5.35. The fourth-order valence-electron chi connectivity index (χ4n) is 0.330. The van der Waals surface area contributed by atoms with Gasteiger partial charge in [0.1, 0.15) is 0 Å². The van der Waals surface area contributed by atoms with Crippen molar-refractivity contribution in [2.24, 2.45) is 4.99 Å². The molecule has 0 aromatic carbocycles. The average molecular weight is 150 g/mol. The summed E-state index contributed by atoms with van der Waals surface area (Å²) in [7, 11) is 0. The summed E-state index contributed by atoms with van der Waals surface area (Å²) in [6.07, 6.45) is 1.58. The lowest BCUT2D eigenvalue weighted by Gasteiger charge is -1.85. The van der Waals surface area contributed by atoms with E-state index in [0.717, 1.165) is 0 Å². The second kappa shape index (κ2) is 8.64. The van der Waals surface area contributed by atoms with E-state index in [-0.39, 0.29) is 0 Å². The maximum Gasteiger partial charge on any atom is 0.0985 e. The Hall–Kier alpha value is -1.36. The second-order valence-corrected chi connectivity index (χ2v) is 1.58. The number of aliphatic imine (C=N–C) groups is 1. The Morgan fingerprint density at radius 1 is 1.55 bits per heavy atom. The van der Waals surface area contributed by atoms with Crippen LogP contribution in [0.4, 0.5) is 0 Å². The molecule has 0 rings (SSSR count). The zero-order valence-corrected chi connectivity index (χ0v) is 7.39. The number of hydrogen-bond donors (Lipinski definition) is 0. The van der Waals surface area contributed by atoms with Gasteiger partial charge in [-0.15, -0.1) is 0 Å². The van der Waals surface area contributed by atoms with E-state index in [2.05, 4.69) is 18.3 Å². The first-order chi connectivity index (χ1) is 5.20. The maximum absolute atomic E-state index is 8.22. The normalized spacial score (nSPS) is 8.73. The molecule has 11 heavy (non-hydrogen) atoms. The van der Waals surface area contributed by atoms with Crippen LogP contribution in [-0.2, 0) is 0 Å². The summed E-state index contributed by atoms with van der Waals surface area (Å²) >= 11 is 0. The van der Waals surface area contributed by atoms with Gasteiger partial charge in [-0.3, -0.25) is 4.99 Å². The Morgan fingerprint density at radius 3 is 2.27 bits per heavy atom. The van der Waals surface area contributed by atoms with Crippen LogP contribution < -0.4 is 0 Å². The van der Waals surface area contributed by atoms with Gasteiger partial charge in [0.2, 0.25) is 0 Å². The molecular weight excluding hydrogens is 136 g/mol. The van der Waals surface area contributed by atoms with Crippen LogP contribution >= 0.6 is 0 Å². The van der Waals surface area contributed by atoms with Crippen molar-refractivity contribution < 1.29 is 0 Å². The third-order valence-corrected chi connectivity index (χ3v) is 0.776. The molecule has 0 heterocycles. The van der Waals surface area contributed by atoms with E-state index < -0.39 is 0 Å². The highest BCUT2D eigenvalue weighted by atomic mass is 14.7. The highest BCUT2D eigenvalue weighted by Gasteiger charge is 1.83. The molecular formula is C9H14N2. The monoisotopic (exact) mass is 150 g/mol. The summed E-state index contributed by atoms with van der Waals surface area (Å²) in [6, 6.07) is 1.87. The largest absolute Gasteiger partial charge is 0.269 e. The molecule has 0 amide bonds. The molecule has 0 aromatic heterocycles. The van der Waals surface area contributed by atoms with Crippen molar-refractivity contribution in [2.75, 3.05) is 0 Å². The van der Waals surface area contributed by atoms with Crippen LogP contribution in [0.15, 0.2) is 28.9 Å². The fourth-order valence-corrected chi connectivity index (χ4v) is 0.330. The number of nitriles is 1. The Kier molecular flexibility index (Phi) is 9.68. The van der Waals surface area contributed by atoms with E-state index in [1.807, 2.05) is 19.9 Å². The van der Waals surface area contributed by atoms with Crippen LogP contribution in [0.25, 0.3) is 0 Å². The molecule has 0 atom stereocenters. The van der Waals surface area contributed by atoms with Gasteiger partial charge in [-0.2, -0.15) is 5.26 Å². The second-order valence-electron chi connectivity index (χ2n) is 1.58. The first-order valence-corrected chi connectivity index (χ1v) is 3.44. The zero-order chi connectivity index (χ0) is 9.28. The minimum absolute atomic E-state index is 0.403. The molecule has 0 fully saturated rings. The van der Waals surface area contributed by atoms with Gasteiger partial charge in [-0.05, 0) is 19.7 Å². The van der Waals surface area contributed by atoms with Gasteiger partial charge < -0.3 is 0 Å². The van der Waals surface area contributed by atoms with Gasteiger partial charge in [0, 0.05) is 11.3 Å². The SMILES string of the molecule is C=N/C(C)=C\C(=C)C#N.CC. The zero-order valence-electron chi connectivity index (χ0n) is 7.39. The molecule has 2 nitrogen and oxygen atoms in total. The first-order valence-electron chi connectivity index (χ1n) is 3.44. The van der Waals surface area contributed by atoms with Crippen LogP contribution in [0.2, 0.25) is 0 Å². The maximum atomic E-state index is 8.22. The van der Waals surface area contributed by atoms with Crippen molar-refractivity contribution in [3.63, 3.8) is 0 Å². The van der Waals surface area contributed by atoms with Crippen molar-refractivity contribution in [3.8, 4) is 6.07 Å². The lowest BCUT2D eigenvalue weighted by atomic mass is 10.3. The minimum atomic E-state index is 0.403. The molecule has 0 N–H and O–H groups in total. The molecule has 0 aliphatic rings. The van der Waals surface area contributed by atoms with Gasteiger partial charge in [0.05, 0.1) is 6.07 Å². The van der Waals surface area contributed by atoms with Crippen LogP contribution in [0.3, 0.4) is 0 Å². The average Bonchev–Trinajstić information content (AvgIpc) is 2.07. The Labute approximate surface area is 68.6 Å². The smallest absolute Gasteiger partial charge is 0.0985 e. The number of nitrogens with zero attached hydrogens (tertiary/aromatic N) is 2. The van der Waals surface area contributed by atoms with E-state index in [1.165, 1.54) is 0 Å². The van der Waals surface area contributed by atoms with E-state index in [4.69, 9.17) is 5.26 Å². The summed E-state index contributed by atoms with van der Waals surface area (Å²) < 4.78 is 0. The molecule has 2 heteroatoms. The van der Waals surface area contributed by atoms with Crippen molar-refractivity contribution >= 4 is 6.72 Å². The molecule has 0 saturated heterocycles. The molecule has 60 valence electrons. The van der Waals surface area contributed by atoms with Crippen molar-refractivity contribution in [1.82, 2.24) is 0 Å². The summed E-state index contributed by atoms with van der Waals surface area (Å²) in [5, 5.41) is 8.22. The lowest BCUT2D eigenvalue weighted by Crippen LogP contribution is -1.70. The van der Waals surface area contributed by atoms with E-state index >= 15 is 0 Å². The van der Waals surface area contributed by atoms with E-state index in [9.17, 15) is 0 Å². The van der Waals surface area contributed by atoms with Gasteiger partial charge in [0.15, 0.2) is 0 Å². The molecule has 0 radical (unpaired) electrons. The molecule has 0 spiro atoms. The Bertz CT molecular complexity index is 194.